The summed E-state index contributed by atoms with van der Waals surface area (Å²) in [5.74, 6) is 0.430. The first kappa shape index (κ1) is 15.4. The molecule has 0 rings (SSSR count). The summed E-state index contributed by atoms with van der Waals surface area (Å²) in [5.41, 5.74) is 5.58. The van der Waals surface area contributed by atoms with Crippen LogP contribution in [0.3, 0.4) is 0 Å². The van der Waals surface area contributed by atoms with Gasteiger partial charge >= 0.3 is 5.97 Å². The van der Waals surface area contributed by atoms with Gasteiger partial charge in [-0.1, -0.05) is 13.8 Å². The molecule has 0 aromatic heterocycles. The van der Waals surface area contributed by atoms with Gasteiger partial charge in [-0.25, -0.2) is 4.39 Å². The normalized spacial score (nSPS) is 14.9. The van der Waals surface area contributed by atoms with E-state index in [0.29, 0.717) is 18.9 Å². The lowest BCUT2D eigenvalue weighted by Gasteiger charge is -2.16. The van der Waals surface area contributed by atoms with Crippen LogP contribution in [0, 0.1) is 11.8 Å². The molecule has 0 saturated heterocycles. The Hall–Kier alpha value is -0.640. The topological polar surface area (TPSA) is 52.3 Å². The second-order valence-corrected chi connectivity index (χ2v) is 4.73. The van der Waals surface area contributed by atoms with E-state index in [9.17, 15) is 9.18 Å². The van der Waals surface area contributed by atoms with Crippen molar-refractivity contribution in [2.24, 2.45) is 17.6 Å². The third-order valence-corrected chi connectivity index (χ3v) is 2.37. The zero-order chi connectivity index (χ0) is 12.6. The highest BCUT2D eigenvalue weighted by Gasteiger charge is 2.15. The van der Waals surface area contributed by atoms with Crippen LogP contribution in [0.1, 0.15) is 40.0 Å². The maximum Gasteiger partial charge on any atom is 0.306 e. The number of ether oxygens (including phenoxy) is 1. The number of carbonyl (C=O) groups excluding carboxylic acids is 1. The van der Waals surface area contributed by atoms with Crippen molar-refractivity contribution in [1.29, 1.82) is 0 Å². The van der Waals surface area contributed by atoms with Crippen molar-refractivity contribution < 1.29 is 13.9 Å². The van der Waals surface area contributed by atoms with E-state index in [-0.39, 0.29) is 24.9 Å². The number of esters is 1. The van der Waals surface area contributed by atoms with Crippen LogP contribution in [0.15, 0.2) is 0 Å². The molecule has 0 bridgehead atoms. The molecule has 3 nitrogen and oxygen atoms in total. The minimum atomic E-state index is -0.922. The fraction of sp³-hybridized carbons (Fsp3) is 0.917. The van der Waals surface area contributed by atoms with E-state index in [1.54, 1.807) is 0 Å². The monoisotopic (exact) mass is 233 g/mol. The fourth-order valence-corrected chi connectivity index (χ4v) is 1.56. The van der Waals surface area contributed by atoms with Crippen LogP contribution in [0.4, 0.5) is 4.39 Å². The van der Waals surface area contributed by atoms with Crippen LogP contribution in [-0.4, -0.2) is 25.3 Å². The average molecular weight is 233 g/mol. The molecular formula is C12H24FNO2. The molecule has 0 fully saturated rings. The van der Waals surface area contributed by atoms with Gasteiger partial charge in [-0.05, 0) is 31.7 Å². The number of halogens is 1. The fourth-order valence-electron chi connectivity index (χ4n) is 1.56. The third-order valence-electron chi connectivity index (χ3n) is 2.37. The first-order chi connectivity index (χ1) is 7.45. The Kier molecular flexibility index (Phi) is 8.16. The first-order valence-electron chi connectivity index (χ1n) is 5.95. The van der Waals surface area contributed by atoms with E-state index in [1.807, 2.05) is 0 Å². The van der Waals surface area contributed by atoms with Gasteiger partial charge in [-0.2, -0.15) is 0 Å². The van der Waals surface area contributed by atoms with Crippen LogP contribution in [0.25, 0.3) is 0 Å². The SMILES string of the molecule is CC(C)C[C@H](CN)CC(=O)OCC[C@@H](C)F. The molecule has 0 spiro atoms. The van der Waals surface area contributed by atoms with E-state index in [1.165, 1.54) is 6.92 Å². The molecular weight excluding hydrogens is 209 g/mol. The lowest BCUT2D eigenvalue weighted by atomic mass is 9.94. The number of alkyl halides is 1. The molecule has 0 aliphatic carbocycles. The van der Waals surface area contributed by atoms with Crippen LogP contribution >= 0.6 is 0 Å². The van der Waals surface area contributed by atoms with E-state index in [4.69, 9.17) is 10.5 Å². The van der Waals surface area contributed by atoms with Crippen LogP contribution in [0.5, 0.6) is 0 Å². The lowest BCUT2D eigenvalue weighted by molar-refractivity contribution is -0.145. The molecule has 0 radical (unpaired) electrons. The number of rotatable bonds is 8. The standard InChI is InChI=1S/C12H24FNO2/c1-9(2)6-11(8-14)7-12(15)16-5-4-10(3)13/h9-11H,4-8,14H2,1-3H3/t10-,11+/m1/s1. The molecule has 0 aliphatic heterocycles. The summed E-state index contributed by atoms with van der Waals surface area (Å²) in [6, 6.07) is 0. The van der Waals surface area contributed by atoms with Crippen molar-refractivity contribution in [3.05, 3.63) is 0 Å². The van der Waals surface area contributed by atoms with Crippen molar-refractivity contribution in [2.45, 2.75) is 46.2 Å². The van der Waals surface area contributed by atoms with Crippen molar-refractivity contribution in [1.82, 2.24) is 0 Å². The second-order valence-electron chi connectivity index (χ2n) is 4.73. The van der Waals surface area contributed by atoms with Crippen molar-refractivity contribution in [2.75, 3.05) is 13.2 Å². The van der Waals surface area contributed by atoms with Gasteiger partial charge in [0.1, 0.15) is 6.17 Å². The molecule has 2 atom stereocenters. The highest BCUT2D eigenvalue weighted by atomic mass is 19.1. The van der Waals surface area contributed by atoms with Crippen molar-refractivity contribution >= 4 is 5.97 Å². The molecule has 0 amide bonds. The Morgan fingerprint density at radius 2 is 2.00 bits per heavy atom. The highest BCUT2D eigenvalue weighted by molar-refractivity contribution is 5.69. The van der Waals surface area contributed by atoms with Crippen LogP contribution in [-0.2, 0) is 9.53 Å². The lowest BCUT2D eigenvalue weighted by Crippen LogP contribution is -2.21. The predicted molar refractivity (Wildman–Crippen MR) is 62.8 cm³/mol. The first-order valence-corrected chi connectivity index (χ1v) is 5.95. The van der Waals surface area contributed by atoms with Gasteiger partial charge in [0, 0.05) is 12.8 Å². The second kappa shape index (κ2) is 8.50. The van der Waals surface area contributed by atoms with Gasteiger partial charge in [-0.3, -0.25) is 4.79 Å². The summed E-state index contributed by atoms with van der Waals surface area (Å²) >= 11 is 0. The van der Waals surface area contributed by atoms with Gasteiger partial charge in [0.2, 0.25) is 0 Å². The Morgan fingerprint density at radius 3 is 2.44 bits per heavy atom. The summed E-state index contributed by atoms with van der Waals surface area (Å²) < 4.78 is 17.4. The minimum absolute atomic E-state index is 0.162. The van der Waals surface area contributed by atoms with E-state index in [2.05, 4.69) is 13.8 Å². The van der Waals surface area contributed by atoms with Crippen molar-refractivity contribution in [3.63, 3.8) is 0 Å². The Morgan fingerprint density at radius 1 is 1.38 bits per heavy atom. The largest absolute Gasteiger partial charge is 0.466 e. The van der Waals surface area contributed by atoms with Gasteiger partial charge in [-0.15, -0.1) is 0 Å². The van der Waals surface area contributed by atoms with Gasteiger partial charge in [0.25, 0.3) is 0 Å². The minimum Gasteiger partial charge on any atom is -0.466 e. The molecule has 96 valence electrons. The Balaban J connectivity index is 3.74. The average Bonchev–Trinajstić information content (AvgIpc) is 2.15. The molecule has 0 saturated carbocycles. The summed E-state index contributed by atoms with van der Waals surface area (Å²) in [5, 5.41) is 0. The molecule has 4 heteroatoms. The molecule has 0 aromatic rings. The Bertz CT molecular complexity index is 195. The molecule has 0 heterocycles. The third kappa shape index (κ3) is 8.65. The maximum atomic E-state index is 12.4. The van der Waals surface area contributed by atoms with Gasteiger partial charge in [0.15, 0.2) is 0 Å². The zero-order valence-corrected chi connectivity index (χ0v) is 10.5. The molecule has 0 aromatic carbocycles. The van der Waals surface area contributed by atoms with E-state index < -0.39 is 6.17 Å². The summed E-state index contributed by atoms with van der Waals surface area (Å²) in [4.78, 5) is 11.4. The van der Waals surface area contributed by atoms with Crippen LogP contribution in [0.2, 0.25) is 0 Å². The highest BCUT2D eigenvalue weighted by Crippen LogP contribution is 2.14. The zero-order valence-electron chi connectivity index (χ0n) is 10.5. The number of hydrogen-bond acceptors (Lipinski definition) is 3. The molecule has 0 unspecified atom stereocenters. The molecule has 0 aliphatic rings. The van der Waals surface area contributed by atoms with Gasteiger partial charge < -0.3 is 10.5 Å². The smallest absolute Gasteiger partial charge is 0.306 e. The quantitative estimate of drug-likeness (QED) is 0.654. The maximum absolute atomic E-state index is 12.4. The van der Waals surface area contributed by atoms with E-state index >= 15 is 0 Å². The van der Waals surface area contributed by atoms with Crippen LogP contribution < -0.4 is 5.73 Å². The number of nitrogens with two attached hydrogens (primary N) is 1. The predicted octanol–water partition coefficient (Wildman–Crippen LogP) is 2.29. The summed E-state index contributed by atoms with van der Waals surface area (Å²) in [6.07, 6.45) is 0.609. The van der Waals surface area contributed by atoms with E-state index in [0.717, 1.165) is 6.42 Å². The van der Waals surface area contributed by atoms with Gasteiger partial charge in [0.05, 0.1) is 6.61 Å². The number of carbonyl (C=O) groups is 1. The summed E-state index contributed by atoms with van der Waals surface area (Å²) in [6.45, 7) is 6.30. The number of hydrogen-bond donors (Lipinski definition) is 1. The summed E-state index contributed by atoms with van der Waals surface area (Å²) in [7, 11) is 0. The Labute approximate surface area is 97.5 Å². The van der Waals surface area contributed by atoms with Crippen molar-refractivity contribution in [3.8, 4) is 0 Å². The molecule has 2 N–H and O–H groups in total. The molecule has 16 heavy (non-hydrogen) atoms.